The average molecular weight is 580 g/mol. The summed E-state index contributed by atoms with van der Waals surface area (Å²) in [5.41, 5.74) is 5.82. The van der Waals surface area contributed by atoms with E-state index in [4.69, 9.17) is 27.0 Å². The average Bonchev–Trinajstić information content (AvgIpc) is 3.63. The topological polar surface area (TPSA) is 104 Å². The minimum atomic E-state index is -0.512. The molecule has 0 spiro atoms. The molecule has 4 rings (SSSR count). The van der Waals surface area contributed by atoms with E-state index in [1.807, 2.05) is 58.0 Å². The van der Waals surface area contributed by atoms with Crippen LogP contribution in [0.4, 0.5) is 0 Å². The van der Waals surface area contributed by atoms with Crippen LogP contribution in [0.1, 0.15) is 68.2 Å². The maximum absolute atomic E-state index is 11.3. The van der Waals surface area contributed by atoms with E-state index in [1.165, 1.54) is 11.5 Å². The van der Waals surface area contributed by atoms with Crippen LogP contribution in [0.3, 0.4) is 0 Å². The lowest BCUT2D eigenvalue weighted by atomic mass is 10.0. The molecule has 9 heteroatoms. The summed E-state index contributed by atoms with van der Waals surface area (Å²) in [5.74, 6) is 1.24. The Morgan fingerprint density at radius 2 is 1.70 bits per heavy atom. The van der Waals surface area contributed by atoms with Crippen molar-refractivity contribution in [2.24, 2.45) is 23.0 Å². The van der Waals surface area contributed by atoms with Crippen molar-refractivity contribution in [3.63, 3.8) is 0 Å². The van der Waals surface area contributed by atoms with Crippen LogP contribution in [0.25, 0.3) is 10.8 Å². The van der Waals surface area contributed by atoms with Gasteiger partial charge in [0.25, 0.3) is 0 Å². The van der Waals surface area contributed by atoms with Crippen molar-refractivity contribution >= 4 is 34.4 Å². The molecule has 0 radical (unpaired) electrons. The van der Waals surface area contributed by atoms with Gasteiger partial charge in [0.15, 0.2) is 0 Å². The Bertz CT molecular complexity index is 1050. The van der Waals surface area contributed by atoms with Crippen molar-refractivity contribution in [2.75, 3.05) is 20.8 Å². The fourth-order valence-electron chi connectivity index (χ4n) is 3.50. The zero-order chi connectivity index (χ0) is 31.0. The number of rotatable bonds is 6. The molecule has 2 fully saturated rings. The molecule has 1 aromatic carbocycles. The number of esters is 1. The van der Waals surface area contributed by atoms with Crippen molar-refractivity contribution in [1.29, 1.82) is 0 Å². The largest absolute Gasteiger partial charge is 0.497 e. The van der Waals surface area contributed by atoms with Crippen LogP contribution in [0, 0.1) is 17.3 Å². The molecule has 40 heavy (non-hydrogen) atoms. The van der Waals surface area contributed by atoms with Gasteiger partial charge >= 0.3 is 5.97 Å². The van der Waals surface area contributed by atoms with Crippen molar-refractivity contribution in [3.05, 3.63) is 43.1 Å². The highest BCUT2D eigenvalue weighted by atomic mass is 35.5. The number of carbonyl (C=O) groups is 2. The smallest absolute Gasteiger partial charge is 0.309 e. The number of nitrogens with zero attached hydrogens (tertiary/aromatic N) is 2. The molecule has 226 valence electrons. The van der Waals surface area contributed by atoms with Crippen molar-refractivity contribution < 1.29 is 23.8 Å². The molecule has 1 aromatic heterocycles. The monoisotopic (exact) mass is 579 g/mol. The zero-order valence-corrected chi connectivity index (χ0v) is 26.7. The molecule has 4 atom stereocenters. The molecule has 1 amide bonds. The number of primary amides is 1. The number of hydrogen-bond acceptors (Lipinski definition) is 7. The molecule has 1 aliphatic heterocycles. The second-order valence-corrected chi connectivity index (χ2v) is 10.9. The highest BCUT2D eigenvalue weighted by Gasteiger charge is 2.41. The maximum atomic E-state index is 11.3. The minimum Gasteiger partial charge on any atom is -0.497 e. The number of allylic oxidation sites excluding steroid dienone is 1. The lowest BCUT2D eigenvalue weighted by Gasteiger charge is -2.14. The summed E-state index contributed by atoms with van der Waals surface area (Å²) in [7, 11) is 3.04. The van der Waals surface area contributed by atoms with Crippen LogP contribution in [0.2, 0.25) is 0 Å². The third kappa shape index (κ3) is 13.0. The van der Waals surface area contributed by atoms with E-state index in [1.54, 1.807) is 13.3 Å². The molecular weight excluding hydrogens is 530 g/mol. The minimum absolute atomic E-state index is 0.0973. The first-order valence-corrected chi connectivity index (χ1v) is 14.2. The number of fused-ring (bicyclic) bond motifs is 1. The van der Waals surface area contributed by atoms with Crippen molar-refractivity contribution in [1.82, 2.24) is 9.40 Å². The van der Waals surface area contributed by atoms with Crippen LogP contribution >= 0.6 is 11.8 Å². The lowest BCUT2D eigenvalue weighted by molar-refractivity contribution is -0.142. The van der Waals surface area contributed by atoms with Gasteiger partial charge < -0.3 is 19.9 Å². The van der Waals surface area contributed by atoms with Crippen LogP contribution in [0.15, 0.2) is 43.1 Å². The van der Waals surface area contributed by atoms with Gasteiger partial charge in [-0.05, 0) is 59.2 Å². The summed E-state index contributed by atoms with van der Waals surface area (Å²) in [6.07, 6.45) is 4.64. The Hall–Kier alpha value is -2.84. The molecule has 2 aromatic rings. The Morgan fingerprint density at radius 3 is 2.15 bits per heavy atom. The molecule has 3 unspecified atom stereocenters. The first kappa shape index (κ1) is 37.2. The first-order valence-electron chi connectivity index (χ1n) is 13.9. The molecular formula is C31H50ClN3O5. The fraction of sp³-hybridized carbons (Fsp3) is 0.581. The SMILES string of the molecule is C=CC1CC1C(=O)OC.CC.CC.CC(C)(C)C.COc1ccc2c(O[C@@H]3CC(C(N)=O)N(Cl)C3)nccc2c1. The number of aromatic nitrogens is 1. The molecule has 2 heterocycles. The summed E-state index contributed by atoms with van der Waals surface area (Å²) in [4.78, 5) is 26.3. The predicted molar refractivity (Wildman–Crippen MR) is 165 cm³/mol. The summed E-state index contributed by atoms with van der Waals surface area (Å²) in [6, 6.07) is 7.04. The second-order valence-electron chi connectivity index (χ2n) is 10.4. The molecule has 1 saturated heterocycles. The number of pyridine rings is 1. The van der Waals surface area contributed by atoms with E-state index in [0.29, 0.717) is 30.2 Å². The zero-order valence-electron chi connectivity index (χ0n) is 26.0. The number of ether oxygens (including phenoxy) is 3. The number of hydrogen-bond donors (Lipinski definition) is 1. The normalized spacial score (nSPS) is 20.9. The van der Waals surface area contributed by atoms with Gasteiger partial charge in [0, 0.05) is 18.0 Å². The van der Waals surface area contributed by atoms with Gasteiger partial charge in [-0.1, -0.05) is 61.5 Å². The van der Waals surface area contributed by atoms with Gasteiger partial charge in [-0.2, -0.15) is 0 Å². The van der Waals surface area contributed by atoms with Gasteiger partial charge in [-0.3, -0.25) is 9.59 Å². The van der Waals surface area contributed by atoms with Crippen LogP contribution < -0.4 is 15.2 Å². The van der Waals surface area contributed by atoms with Crippen LogP contribution in [-0.2, 0) is 14.3 Å². The van der Waals surface area contributed by atoms with E-state index in [2.05, 4.69) is 44.0 Å². The summed E-state index contributed by atoms with van der Waals surface area (Å²) < 4.78 is 17.0. The molecule has 1 saturated carbocycles. The third-order valence-electron chi connectivity index (χ3n) is 5.39. The highest BCUT2D eigenvalue weighted by molar-refractivity contribution is 6.15. The van der Waals surface area contributed by atoms with E-state index in [-0.39, 0.29) is 18.0 Å². The number of methoxy groups -OCH3 is 2. The summed E-state index contributed by atoms with van der Waals surface area (Å²) in [5, 5.41) is 1.85. The number of halogens is 1. The molecule has 8 nitrogen and oxygen atoms in total. The Kier molecular flexibility index (Phi) is 17.2. The van der Waals surface area contributed by atoms with E-state index < -0.39 is 11.9 Å². The highest BCUT2D eigenvalue weighted by Crippen LogP contribution is 2.39. The first-order chi connectivity index (χ1) is 18.9. The van der Waals surface area contributed by atoms with E-state index in [0.717, 1.165) is 22.9 Å². The number of amides is 1. The third-order valence-corrected chi connectivity index (χ3v) is 5.76. The molecule has 2 aliphatic rings. The van der Waals surface area contributed by atoms with Crippen LogP contribution in [0.5, 0.6) is 11.6 Å². The Morgan fingerprint density at radius 1 is 1.10 bits per heavy atom. The summed E-state index contributed by atoms with van der Waals surface area (Å²) in [6.45, 7) is 20.8. The van der Waals surface area contributed by atoms with Gasteiger partial charge in [0.1, 0.15) is 17.9 Å². The Balaban J connectivity index is 0.000000698. The van der Waals surface area contributed by atoms with Crippen molar-refractivity contribution in [3.8, 4) is 11.6 Å². The van der Waals surface area contributed by atoms with E-state index >= 15 is 0 Å². The molecule has 1 aliphatic carbocycles. The predicted octanol–water partition coefficient (Wildman–Crippen LogP) is 6.79. The number of nitrogens with two attached hydrogens (primary N) is 1. The van der Waals surface area contributed by atoms with E-state index in [9.17, 15) is 9.59 Å². The van der Waals surface area contributed by atoms with Crippen molar-refractivity contribution in [2.45, 2.75) is 80.4 Å². The maximum Gasteiger partial charge on any atom is 0.309 e. The van der Waals surface area contributed by atoms with Crippen LogP contribution in [-0.4, -0.2) is 54.2 Å². The lowest BCUT2D eigenvalue weighted by Crippen LogP contribution is -2.34. The van der Waals surface area contributed by atoms with Gasteiger partial charge in [-0.15, -0.1) is 6.58 Å². The fourth-order valence-corrected chi connectivity index (χ4v) is 3.83. The number of carbonyl (C=O) groups excluding carboxylic acids is 2. The standard InChI is InChI=1S/C15H16ClN3O3.C7H10O2.C5H12.2C2H6/c1-21-10-2-3-12-9(6-10)4-5-18-15(12)22-11-7-13(14(17)20)19(16)8-11;1-3-5-4-6(5)7(8)9-2;1-5(2,3)4;2*1-2/h2-6,11,13H,7-8H2,1H3,(H2,17,20);3,5-6H,1,4H2,2H3;1-4H3;2*1-2H3/t11-,13?;;;;/m1..../s1. The number of benzene rings is 1. The van der Waals surface area contributed by atoms with Gasteiger partial charge in [0.05, 0.1) is 26.7 Å². The van der Waals surface area contributed by atoms with Gasteiger partial charge in [0.2, 0.25) is 11.8 Å². The quantitative estimate of drug-likeness (QED) is 0.228. The summed E-state index contributed by atoms with van der Waals surface area (Å²) >= 11 is 6.01. The molecule has 0 bridgehead atoms. The second kappa shape index (κ2) is 18.5. The molecule has 2 N–H and O–H groups in total. The van der Waals surface area contributed by atoms with Gasteiger partial charge in [-0.25, -0.2) is 9.40 Å². The Labute approximate surface area is 246 Å².